The molecule has 0 spiro atoms. The fraction of sp³-hybridized carbons (Fsp3) is 0.571. The van der Waals surface area contributed by atoms with Gasteiger partial charge in [0.15, 0.2) is 0 Å². The van der Waals surface area contributed by atoms with Crippen molar-refractivity contribution in [1.29, 1.82) is 0 Å². The minimum Gasteiger partial charge on any atom is -0.390 e. The zero-order chi connectivity index (χ0) is 12.3. The first-order chi connectivity index (χ1) is 8.13. The van der Waals surface area contributed by atoms with Crippen molar-refractivity contribution in [1.82, 2.24) is 0 Å². The van der Waals surface area contributed by atoms with Crippen LogP contribution in [-0.4, -0.2) is 11.7 Å². The molecule has 0 heterocycles. The van der Waals surface area contributed by atoms with Crippen LogP contribution in [-0.2, 0) is 5.92 Å². The molecule has 1 aromatic rings. The summed E-state index contributed by atoms with van der Waals surface area (Å²) in [5.74, 6) is -2.59. The van der Waals surface area contributed by atoms with E-state index in [1.165, 1.54) is 31.4 Å². The summed E-state index contributed by atoms with van der Waals surface area (Å²) in [7, 11) is 0. The van der Waals surface area contributed by atoms with E-state index in [2.05, 4.69) is 0 Å². The van der Waals surface area contributed by atoms with Gasteiger partial charge in [-0.2, -0.15) is 8.78 Å². The summed E-state index contributed by atoms with van der Waals surface area (Å²) in [6.07, 6.45) is 6.08. The maximum absolute atomic E-state index is 13.2. The minimum absolute atomic E-state index is 0.0976. The predicted molar refractivity (Wildman–Crippen MR) is 63.2 cm³/mol. The Morgan fingerprint density at radius 1 is 1.06 bits per heavy atom. The topological polar surface area (TPSA) is 20.2 Å². The Labute approximate surface area is 100 Å². The molecule has 3 heteroatoms. The highest BCUT2D eigenvalue weighted by Gasteiger charge is 2.30. The monoisotopic (exact) mass is 240 g/mol. The summed E-state index contributed by atoms with van der Waals surface area (Å²) in [6, 6.07) is 6.46. The van der Waals surface area contributed by atoms with Gasteiger partial charge in [0, 0.05) is 5.56 Å². The number of alkyl halides is 2. The standard InChI is InChI=1S/C14H18F2O/c15-14(16,10-17)13-8-6-12(7-9-13)11-4-2-1-3-5-11/h6-9,11,17H,1-5,10H2. The van der Waals surface area contributed by atoms with Crippen molar-refractivity contribution in [3.8, 4) is 0 Å². The maximum Gasteiger partial charge on any atom is 0.295 e. The third-order valence-corrected chi connectivity index (χ3v) is 3.61. The molecule has 0 aliphatic heterocycles. The number of hydrogen-bond donors (Lipinski definition) is 1. The molecule has 0 bridgehead atoms. The second-order valence-electron chi connectivity index (χ2n) is 4.82. The third kappa shape index (κ3) is 2.83. The fourth-order valence-corrected chi connectivity index (χ4v) is 2.53. The van der Waals surface area contributed by atoms with E-state index in [4.69, 9.17) is 5.11 Å². The Balaban J connectivity index is 2.12. The molecule has 0 unspecified atom stereocenters. The van der Waals surface area contributed by atoms with Crippen molar-refractivity contribution < 1.29 is 13.9 Å². The second kappa shape index (κ2) is 5.13. The molecule has 0 atom stereocenters. The van der Waals surface area contributed by atoms with Crippen molar-refractivity contribution in [3.63, 3.8) is 0 Å². The molecule has 1 N–H and O–H groups in total. The van der Waals surface area contributed by atoms with Crippen LogP contribution >= 0.6 is 0 Å². The van der Waals surface area contributed by atoms with Crippen LogP contribution in [0.1, 0.15) is 49.1 Å². The average molecular weight is 240 g/mol. The Morgan fingerprint density at radius 2 is 1.65 bits per heavy atom. The number of aliphatic hydroxyl groups excluding tert-OH is 1. The van der Waals surface area contributed by atoms with Crippen LogP contribution in [0.4, 0.5) is 8.78 Å². The lowest BCUT2D eigenvalue weighted by molar-refractivity contribution is -0.0556. The Kier molecular flexibility index (Phi) is 3.77. The normalized spacial score (nSPS) is 18.3. The van der Waals surface area contributed by atoms with Gasteiger partial charge in [-0.25, -0.2) is 0 Å². The van der Waals surface area contributed by atoms with Gasteiger partial charge < -0.3 is 5.11 Å². The summed E-state index contributed by atoms with van der Waals surface area (Å²) < 4.78 is 26.4. The number of hydrogen-bond acceptors (Lipinski definition) is 1. The molecule has 1 saturated carbocycles. The van der Waals surface area contributed by atoms with E-state index >= 15 is 0 Å². The minimum atomic E-state index is -3.12. The second-order valence-corrected chi connectivity index (χ2v) is 4.82. The lowest BCUT2D eigenvalue weighted by Gasteiger charge is -2.22. The highest BCUT2D eigenvalue weighted by atomic mass is 19.3. The lowest BCUT2D eigenvalue weighted by atomic mass is 9.84. The van der Waals surface area contributed by atoms with Crippen LogP contribution in [0.15, 0.2) is 24.3 Å². The molecule has 1 aromatic carbocycles. The molecule has 0 radical (unpaired) electrons. The molecule has 0 saturated heterocycles. The Morgan fingerprint density at radius 3 is 2.18 bits per heavy atom. The van der Waals surface area contributed by atoms with Crippen LogP contribution in [0.3, 0.4) is 0 Å². The van der Waals surface area contributed by atoms with Gasteiger partial charge in [0.1, 0.15) is 6.61 Å². The zero-order valence-electron chi connectivity index (χ0n) is 9.83. The third-order valence-electron chi connectivity index (χ3n) is 3.61. The van der Waals surface area contributed by atoms with Gasteiger partial charge in [0.05, 0.1) is 0 Å². The molecule has 17 heavy (non-hydrogen) atoms. The molecule has 1 fully saturated rings. The molecule has 0 amide bonds. The van der Waals surface area contributed by atoms with Crippen LogP contribution in [0.2, 0.25) is 0 Å². The highest BCUT2D eigenvalue weighted by molar-refractivity contribution is 5.28. The quantitative estimate of drug-likeness (QED) is 0.851. The van der Waals surface area contributed by atoms with Gasteiger partial charge in [-0.05, 0) is 24.3 Å². The summed E-state index contributed by atoms with van der Waals surface area (Å²) in [6.45, 7) is -1.13. The Hall–Kier alpha value is -0.960. The molecule has 1 aliphatic rings. The van der Waals surface area contributed by atoms with Crippen LogP contribution in [0.25, 0.3) is 0 Å². The van der Waals surface area contributed by atoms with Gasteiger partial charge in [-0.1, -0.05) is 43.5 Å². The maximum atomic E-state index is 13.2. The molecule has 0 aromatic heterocycles. The van der Waals surface area contributed by atoms with E-state index in [0.717, 1.165) is 18.4 Å². The lowest BCUT2D eigenvalue weighted by Crippen LogP contribution is -2.18. The highest BCUT2D eigenvalue weighted by Crippen LogP contribution is 2.34. The average Bonchev–Trinajstić information content (AvgIpc) is 2.40. The number of rotatable bonds is 3. The van der Waals surface area contributed by atoms with Crippen LogP contribution in [0.5, 0.6) is 0 Å². The van der Waals surface area contributed by atoms with Gasteiger partial charge in [0.25, 0.3) is 5.92 Å². The van der Waals surface area contributed by atoms with Crippen LogP contribution < -0.4 is 0 Å². The van der Waals surface area contributed by atoms with Gasteiger partial charge >= 0.3 is 0 Å². The Bertz CT molecular complexity index is 353. The van der Waals surface area contributed by atoms with Crippen molar-refractivity contribution in [2.24, 2.45) is 0 Å². The molecule has 1 aliphatic carbocycles. The van der Waals surface area contributed by atoms with E-state index in [9.17, 15) is 8.78 Å². The predicted octanol–water partition coefficient (Wildman–Crippen LogP) is 3.82. The first-order valence-electron chi connectivity index (χ1n) is 6.22. The van der Waals surface area contributed by atoms with Crippen molar-refractivity contribution in [2.45, 2.75) is 43.9 Å². The summed E-state index contributed by atoms with van der Waals surface area (Å²) in [5.41, 5.74) is 1.06. The van der Waals surface area contributed by atoms with Gasteiger partial charge in [0.2, 0.25) is 0 Å². The van der Waals surface area contributed by atoms with E-state index in [1.54, 1.807) is 12.1 Å². The summed E-state index contributed by atoms with van der Waals surface area (Å²) in [4.78, 5) is 0. The van der Waals surface area contributed by atoms with Gasteiger partial charge in [-0.3, -0.25) is 0 Å². The molecule has 1 nitrogen and oxygen atoms in total. The molecule has 2 rings (SSSR count). The van der Waals surface area contributed by atoms with E-state index in [0.29, 0.717) is 5.92 Å². The number of aliphatic hydroxyl groups is 1. The van der Waals surface area contributed by atoms with Crippen molar-refractivity contribution in [3.05, 3.63) is 35.4 Å². The first-order valence-corrected chi connectivity index (χ1v) is 6.22. The molecular weight excluding hydrogens is 222 g/mol. The molecular formula is C14H18F2O. The number of halogens is 2. The fourth-order valence-electron chi connectivity index (χ4n) is 2.53. The first kappa shape index (κ1) is 12.5. The van der Waals surface area contributed by atoms with Gasteiger partial charge in [-0.15, -0.1) is 0 Å². The smallest absolute Gasteiger partial charge is 0.295 e. The zero-order valence-corrected chi connectivity index (χ0v) is 9.83. The van der Waals surface area contributed by atoms with Crippen molar-refractivity contribution in [2.75, 3.05) is 6.61 Å². The largest absolute Gasteiger partial charge is 0.390 e. The van der Waals surface area contributed by atoms with Crippen molar-refractivity contribution >= 4 is 0 Å². The van der Waals surface area contributed by atoms with E-state index in [-0.39, 0.29) is 5.56 Å². The van der Waals surface area contributed by atoms with E-state index < -0.39 is 12.5 Å². The number of benzene rings is 1. The summed E-state index contributed by atoms with van der Waals surface area (Å²) in [5, 5.41) is 8.62. The summed E-state index contributed by atoms with van der Waals surface area (Å²) >= 11 is 0. The molecule has 94 valence electrons. The van der Waals surface area contributed by atoms with E-state index in [1.807, 2.05) is 0 Å². The van der Waals surface area contributed by atoms with Crippen LogP contribution in [0, 0.1) is 0 Å². The SMILES string of the molecule is OCC(F)(F)c1ccc(C2CCCCC2)cc1.